The fourth-order valence-corrected chi connectivity index (χ4v) is 2.71. The van der Waals surface area contributed by atoms with Crippen molar-refractivity contribution in [1.29, 1.82) is 0 Å². The Morgan fingerprint density at radius 1 is 1.12 bits per heavy atom. The predicted molar refractivity (Wildman–Crippen MR) is 99.7 cm³/mol. The highest BCUT2D eigenvalue weighted by atomic mass is 16.5. The zero-order valence-corrected chi connectivity index (χ0v) is 15.2. The third kappa shape index (κ3) is 5.61. The highest BCUT2D eigenvalue weighted by Gasteiger charge is 2.24. The van der Waals surface area contributed by atoms with E-state index in [9.17, 15) is 4.79 Å². The Balaban J connectivity index is 1.95. The van der Waals surface area contributed by atoms with Crippen LogP contribution in [0.1, 0.15) is 37.0 Å². The molecule has 0 spiro atoms. The van der Waals surface area contributed by atoms with Crippen molar-refractivity contribution < 1.29 is 14.6 Å². The molecule has 0 aromatic heterocycles. The van der Waals surface area contributed by atoms with Gasteiger partial charge in [-0.15, -0.1) is 0 Å². The lowest BCUT2D eigenvalue weighted by Gasteiger charge is -2.25. The number of amides is 1. The number of carbonyl (C=O) groups excluding carboxylic acids is 1. The fourth-order valence-electron chi connectivity index (χ4n) is 2.71. The molecule has 2 aromatic carbocycles. The van der Waals surface area contributed by atoms with Gasteiger partial charge in [-0.25, -0.2) is 0 Å². The van der Waals surface area contributed by atoms with Crippen LogP contribution in [-0.4, -0.2) is 24.2 Å². The van der Waals surface area contributed by atoms with E-state index in [0.29, 0.717) is 18.7 Å². The molecule has 0 aliphatic rings. The third-order valence-electron chi connectivity index (χ3n) is 4.23. The van der Waals surface area contributed by atoms with Crippen molar-refractivity contribution in [1.82, 2.24) is 5.32 Å². The molecular formula is C21H27NO3. The molecule has 4 heteroatoms. The van der Waals surface area contributed by atoms with E-state index in [-0.39, 0.29) is 24.5 Å². The fraction of sp³-hybridized carbons (Fsp3) is 0.381. The van der Waals surface area contributed by atoms with E-state index in [1.165, 1.54) is 5.56 Å². The zero-order chi connectivity index (χ0) is 18.3. The summed E-state index contributed by atoms with van der Waals surface area (Å²) in [4.78, 5) is 12.4. The van der Waals surface area contributed by atoms with Crippen LogP contribution in [0, 0.1) is 6.92 Å². The van der Waals surface area contributed by atoms with Gasteiger partial charge < -0.3 is 15.2 Å². The lowest BCUT2D eigenvalue weighted by molar-refractivity contribution is -0.122. The summed E-state index contributed by atoms with van der Waals surface area (Å²) >= 11 is 0. The van der Waals surface area contributed by atoms with Crippen LogP contribution in [0.3, 0.4) is 0 Å². The maximum atomic E-state index is 12.4. The Bertz CT molecular complexity index is 693. The Hall–Kier alpha value is -2.33. The minimum Gasteiger partial charge on any atom is -0.491 e. The number of ether oxygens (including phenoxy) is 1. The number of aliphatic hydroxyl groups is 1. The summed E-state index contributed by atoms with van der Waals surface area (Å²) < 4.78 is 5.50. The average Bonchev–Trinajstić information content (AvgIpc) is 2.59. The van der Waals surface area contributed by atoms with Gasteiger partial charge in [0.05, 0.1) is 6.61 Å². The second kappa shape index (κ2) is 8.67. The van der Waals surface area contributed by atoms with Crippen molar-refractivity contribution in [3.63, 3.8) is 0 Å². The van der Waals surface area contributed by atoms with Crippen LogP contribution in [0.2, 0.25) is 0 Å². The number of aliphatic hydroxyl groups excluding tert-OH is 1. The molecule has 0 saturated carbocycles. The molecule has 1 amide bonds. The largest absolute Gasteiger partial charge is 0.491 e. The van der Waals surface area contributed by atoms with E-state index in [4.69, 9.17) is 9.84 Å². The molecule has 0 radical (unpaired) electrons. The third-order valence-corrected chi connectivity index (χ3v) is 4.23. The number of carbonyl (C=O) groups is 1. The summed E-state index contributed by atoms with van der Waals surface area (Å²) in [6.07, 6.45) is 0.412. The molecule has 2 N–H and O–H groups in total. The number of aryl methyl sites for hydroxylation is 1. The molecular weight excluding hydrogens is 314 g/mol. The van der Waals surface area contributed by atoms with Crippen LogP contribution >= 0.6 is 0 Å². The molecule has 0 aliphatic heterocycles. The Morgan fingerprint density at radius 3 is 2.48 bits per heavy atom. The van der Waals surface area contributed by atoms with Crippen LogP contribution in [0.5, 0.6) is 5.75 Å². The standard InChI is InChI=1S/C21H27NO3/c1-16-8-10-18(11-9-16)21(2,3)14-20(24)22-15-17-6-4-5-7-19(17)25-13-12-23/h4-11,23H,12-15H2,1-3H3,(H,22,24). The number of hydrogen-bond donors (Lipinski definition) is 2. The summed E-state index contributed by atoms with van der Waals surface area (Å²) in [7, 11) is 0. The van der Waals surface area contributed by atoms with E-state index in [2.05, 4.69) is 50.4 Å². The summed E-state index contributed by atoms with van der Waals surface area (Å²) in [5.41, 5.74) is 3.03. The molecule has 134 valence electrons. The summed E-state index contributed by atoms with van der Waals surface area (Å²) in [5, 5.41) is 11.9. The second-order valence-electron chi connectivity index (χ2n) is 6.88. The van der Waals surface area contributed by atoms with Gasteiger partial charge in [0.15, 0.2) is 0 Å². The number of nitrogens with one attached hydrogen (secondary N) is 1. The summed E-state index contributed by atoms with van der Waals surface area (Å²) in [5.74, 6) is 0.692. The van der Waals surface area contributed by atoms with Crippen molar-refractivity contribution in [3.05, 3.63) is 65.2 Å². The van der Waals surface area contributed by atoms with Crippen molar-refractivity contribution in [3.8, 4) is 5.75 Å². The molecule has 4 nitrogen and oxygen atoms in total. The van der Waals surface area contributed by atoms with Crippen molar-refractivity contribution in [2.24, 2.45) is 0 Å². The minimum absolute atomic E-state index is 0.00235. The van der Waals surface area contributed by atoms with Gasteiger partial charge in [-0.2, -0.15) is 0 Å². The Labute approximate surface area is 149 Å². The van der Waals surface area contributed by atoms with E-state index >= 15 is 0 Å². The van der Waals surface area contributed by atoms with Gasteiger partial charge in [0.1, 0.15) is 12.4 Å². The summed E-state index contributed by atoms with van der Waals surface area (Å²) in [6, 6.07) is 15.8. The number of hydrogen-bond acceptors (Lipinski definition) is 3. The van der Waals surface area contributed by atoms with Crippen LogP contribution in [0.15, 0.2) is 48.5 Å². The van der Waals surface area contributed by atoms with Crippen molar-refractivity contribution in [2.75, 3.05) is 13.2 Å². The topological polar surface area (TPSA) is 58.6 Å². The highest BCUT2D eigenvalue weighted by Crippen LogP contribution is 2.27. The molecule has 2 rings (SSSR count). The molecule has 0 heterocycles. The zero-order valence-electron chi connectivity index (χ0n) is 15.2. The molecule has 25 heavy (non-hydrogen) atoms. The quantitative estimate of drug-likeness (QED) is 0.774. The number of benzene rings is 2. The van der Waals surface area contributed by atoms with Gasteiger partial charge in [0, 0.05) is 18.5 Å². The first-order valence-corrected chi connectivity index (χ1v) is 8.58. The van der Waals surface area contributed by atoms with Crippen LogP contribution in [0.4, 0.5) is 0 Å². The maximum absolute atomic E-state index is 12.4. The van der Waals surface area contributed by atoms with Crippen molar-refractivity contribution >= 4 is 5.91 Å². The molecule has 2 aromatic rings. The number of rotatable bonds is 8. The van der Waals surface area contributed by atoms with E-state index in [0.717, 1.165) is 11.1 Å². The lowest BCUT2D eigenvalue weighted by Crippen LogP contribution is -2.30. The van der Waals surface area contributed by atoms with Gasteiger partial charge in [0.25, 0.3) is 0 Å². The van der Waals surface area contributed by atoms with Gasteiger partial charge >= 0.3 is 0 Å². The summed E-state index contributed by atoms with van der Waals surface area (Å²) in [6.45, 7) is 6.83. The Morgan fingerprint density at radius 2 is 1.80 bits per heavy atom. The SMILES string of the molecule is Cc1ccc(C(C)(C)CC(=O)NCc2ccccc2OCCO)cc1. The van der Waals surface area contributed by atoms with Crippen molar-refractivity contribution in [2.45, 2.75) is 39.2 Å². The number of para-hydroxylation sites is 1. The van der Waals surface area contributed by atoms with Crippen LogP contribution in [-0.2, 0) is 16.8 Å². The van der Waals surface area contributed by atoms with Gasteiger partial charge in [-0.05, 0) is 24.0 Å². The van der Waals surface area contributed by atoms with E-state index < -0.39 is 0 Å². The molecule has 0 aliphatic carbocycles. The molecule has 0 atom stereocenters. The van der Waals surface area contributed by atoms with Crippen LogP contribution in [0.25, 0.3) is 0 Å². The van der Waals surface area contributed by atoms with Gasteiger partial charge in [0.2, 0.25) is 5.91 Å². The van der Waals surface area contributed by atoms with Gasteiger partial charge in [-0.1, -0.05) is 61.9 Å². The Kier molecular flexibility index (Phi) is 6.59. The second-order valence-corrected chi connectivity index (χ2v) is 6.88. The maximum Gasteiger partial charge on any atom is 0.221 e. The molecule has 0 fully saturated rings. The van der Waals surface area contributed by atoms with Crippen LogP contribution < -0.4 is 10.1 Å². The smallest absolute Gasteiger partial charge is 0.221 e. The highest BCUT2D eigenvalue weighted by molar-refractivity contribution is 5.77. The van der Waals surface area contributed by atoms with Gasteiger partial charge in [-0.3, -0.25) is 4.79 Å². The minimum atomic E-state index is -0.231. The normalized spacial score (nSPS) is 11.2. The first-order chi connectivity index (χ1) is 11.9. The average molecular weight is 341 g/mol. The predicted octanol–water partition coefficient (Wildman–Crippen LogP) is 3.35. The van der Waals surface area contributed by atoms with E-state index in [1.54, 1.807) is 0 Å². The first-order valence-electron chi connectivity index (χ1n) is 8.58. The lowest BCUT2D eigenvalue weighted by atomic mass is 9.81. The first kappa shape index (κ1) is 19.0. The van der Waals surface area contributed by atoms with E-state index in [1.807, 2.05) is 24.3 Å². The molecule has 0 bridgehead atoms. The monoisotopic (exact) mass is 341 g/mol. The molecule has 0 unspecified atom stereocenters. The molecule has 0 saturated heterocycles.